The van der Waals surface area contributed by atoms with Crippen LogP contribution in [0, 0.1) is 0 Å². The van der Waals surface area contributed by atoms with Gasteiger partial charge in [-0.15, -0.1) is 0 Å². The van der Waals surface area contributed by atoms with E-state index in [9.17, 15) is 18.0 Å². The van der Waals surface area contributed by atoms with Crippen LogP contribution < -0.4 is 10.7 Å². The van der Waals surface area contributed by atoms with E-state index in [0.717, 1.165) is 25.7 Å². The van der Waals surface area contributed by atoms with Gasteiger partial charge in [-0.1, -0.05) is 30.3 Å². The lowest BCUT2D eigenvalue weighted by atomic mass is 10.1. The normalized spacial score (nSPS) is 15.6. The van der Waals surface area contributed by atoms with Crippen molar-refractivity contribution in [1.82, 2.24) is 14.2 Å². The fourth-order valence-electron chi connectivity index (χ4n) is 4.27. The van der Waals surface area contributed by atoms with E-state index in [-0.39, 0.29) is 21.9 Å². The molecule has 7 nitrogen and oxygen atoms in total. The molecule has 0 spiro atoms. The van der Waals surface area contributed by atoms with Crippen LogP contribution in [0.2, 0.25) is 0 Å². The molecule has 2 aromatic carbocycles. The lowest BCUT2D eigenvalue weighted by Gasteiger charge is -2.17. The van der Waals surface area contributed by atoms with Gasteiger partial charge in [-0.05, 0) is 56.4 Å². The quantitative estimate of drug-likeness (QED) is 0.578. The number of nitrogens with zero attached hydrogens (tertiary/aromatic N) is 2. The van der Waals surface area contributed by atoms with Crippen LogP contribution in [-0.4, -0.2) is 42.3 Å². The summed E-state index contributed by atoms with van der Waals surface area (Å²) < 4.78 is 29.1. The van der Waals surface area contributed by atoms with Gasteiger partial charge >= 0.3 is 0 Å². The van der Waals surface area contributed by atoms with Gasteiger partial charge in [-0.3, -0.25) is 9.59 Å². The van der Waals surface area contributed by atoms with Gasteiger partial charge in [-0.2, -0.15) is 4.31 Å². The molecule has 4 rings (SSSR count). The SMILES string of the molecule is CC(CCc1ccccc1)NC(=O)c1cn(C)c2ccc(S(=O)(=O)N3CCCC3)cc2c1=O. The molecule has 0 saturated carbocycles. The fraction of sp³-hybridized carbons (Fsp3) is 0.360. The molecule has 1 atom stereocenters. The summed E-state index contributed by atoms with van der Waals surface area (Å²) >= 11 is 0. The third-order valence-corrected chi connectivity index (χ3v) is 8.09. The highest BCUT2D eigenvalue weighted by Crippen LogP contribution is 2.23. The summed E-state index contributed by atoms with van der Waals surface area (Å²) in [6.07, 6.45) is 4.73. The average Bonchev–Trinajstić information content (AvgIpc) is 3.36. The van der Waals surface area contributed by atoms with Crippen LogP contribution in [0.4, 0.5) is 0 Å². The number of nitrogens with one attached hydrogen (secondary N) is 1. The second-order valence-electron chi connectivity index (χ2n) is 8.67. The van der Waals surface area contributed by atoms with E-state index in [1.807, 2.05) is 37.3 Å². The molecular weight excluding hydrogens is 438 g/mol. The van der Waals surface area contributed by atoms with Gasteiger partial charge in [0.25, 0.3) is 5.91 Å². The van der Waals surface area contributed by atoms with Crippen molar-refractivity contribution < 1.29 is 13.2 Å². The van der Waals surface area contributed by atoms with E-state index in [1.165, 1.54) is 28.2 Å². The highest BCUT2D eigenvalue weighted by Gasteiger charge is 2.28. The van der Waals surface area contributed by atoms with E-state index in [0.29, 0.717) is 18.6 Å². The van der Waals surface area contributed by atoms with Crippen molar-refractivity contribution in [2.45, 2.75) is 43.5 Å². The van der Waals surface area contributed by atoms with E-state index in [4.69, 9.17) is 0 Å². The molecule has 1 aliphatic heterocycles. The molecule has 1 aliphatic rings. The Bertz CT molecular complexity index is 1330. The topological polar surface area (TPSA) is 88.5 Å². The Labute approximate surface area is 194 Å². The molecule has 0 bridgehead atoms. The smallest absolute Gasteiger partial charge is 0.256 e. The predicted molar refractivity (Wildman–Crippen MR) is 129 cm³/mol. The first kappa shape index (κ1) is 23.2. The zero-order valence-corrected chi connectivity index (χ0v) is 19.8. The second-order valence-corrected chi connectivity index (χ2v) is 10.6. The summed E-state index contributed by atoms with van der Waals surface area (Å²) in [5, 5.41) is 3.13. The lowest BCUT2D eigenvalue weighted by Crippen LogP contribution is -2.36. The first-order valence-electron chi connectivity index (χ1n) is 11.3. The molecule has 0 aliphatic carbocycles. The highest BCUT2D eigenvalue weighted by molar-refractivity contribution is 7.89. The number of sulfonamides is 1. The second kappa shape index (κ2) is 9.49. The van der Waals surface area contributed by atoms with Crippen LogP contribution in [0.5, 0.6) is 0 Å². The summed E-state index contributed by atoms with van der Waals surface area (Å²) in [5.41, 5.74) is 1.31. The minimum absolute atomic E-state index is 0.00674. The molecule has 33 heavy (non-hydrogen) atoms. The number of amides is 1. The number of carbonyl (C=O) groups is 1. The van der Waals surface area contributed by atoms with Gasteiger partial charge in [0, 0.05) is 37.8 Å². The molecule has 1 amide bonds. The zero-order chi connectivity index (χ0) is 23.6. The monoisotopic (exact) mass is 467 g/mol. The Kier molecular flexibility index (Phi) is 6.67. The number of fused-ring (bicyclic) bond motifs is 1. The maximum absolute atomic E-state index is 13.2. The van der Waals surface area contributed by atoms with Crippen molar-refractivity contribution in [2.75, 3.05) is 13.1 Å². The van der Waals surface area contributed by atoms with Crippen LogP contribution in [-0.2, 0) is 23.5 Å². The van der Waals surface area contributed by atoms with Crippen LogP contribution >= 0.6 is 0 Å². The van der Waals surface area contributed by atoms with Gasteiger partial charge in [-0.25, -0.2) is 8.42 Å². The zero-order valence-electron chi connectivity index (χ0n) is 19.0. The molecule has 3 aromatic rings. The Morgan fingerprint density at radius 3 is 2.48 bits per heavy atom. The van der Waals surface area contributed by atoms with Crippen molar-refractivity contribution in [3.05, 3.63) is 76.1 Å². The Morgan fingerprint density at radius 1 is 1.09 bits per heavy atom. The van der Waals surface area contributed by atoms with E-state index in [1.54, 1.807) is 17.7 Å². The molecule has 1 saturated heterocycles. The van der Waals surface area contributed by atoms with E-state index < -0.39 is 21.4 Å². The Hall–Kier alpha value is -2.97. The summed E-state index contributed by atoms with van der Waals surface area (Å²) in [5.74, 6) is -0.453. The number of hydrogen-bond acceptors (Lipinski definition) is 4. The number of carbonyl (C=O) groups excluding carboxylic acids is 1. The number of pyridine rings is 1. The van der Waals surface area contributed by atoms with Crippen LogP contribution in [0.15, 0.2) is 64.4 Å². The third-order valence-electron chi connectivity index (χ3n) is 6.19. The van der Waals surface area contributed by atoms with Gasteiger partial charge < -0.3 is 9.88 Å². The predicted octanol–water partition coefficient (Wildman–Crippen LogP) is 3.07. The highest BCUT2D eigenvalue weighted by atomic mass is 32.2. The van der Waals surface area contributed by atoms with Crippen molar-refractivity contribution in [2.24, 2.45) is 7.05 Å². The molecule has 1 unspecified atom stereocenters. The molecule has 1 N–H and O–H groups in total. The summed E-state index contributed by atoms with van der Waals surface area (Å²) in [7, 11) is -1.92. The molecule has 8 heteroatoms. The van der Waals surface area contributed by atoms with Crippen molar-refractivity contribution in [3.8, 4) is 0 Å². The van der Waals surface area contributed by atoms with Crippen molar-refractivity contribution in [3.63, 3.8) is 0 Å². The van der Waals surface area contributed by atoms with Gasteiger partial charge in [0.05, 0.1) is 10.4 Å². The van der Waals surface area contributed by atoms with E-state index in [2.05, 4.69) is 5.32 Å². The number of aryl methyl sites for hydroxylation is 2. The molecule has 174 valence electrons. The first-order chi connectivity index (χ1) is 15.8. The Morgan fingerprint density at radius 2 is 1.79 bits per heavy atom. The molecular formula is C25H29N3O4S. The number of benzene rings is 2. The molecule has 1 aromatic heterocycles. The lowest BCUT2D eigenvalue weighted by molar-refractivity contribution is 0.0937. The van der Waals surface area contributed by atoms with Gasteiger partial charge in [0.1, 0.15) is 5.56 Å². The number of aromatic nitrogens is 1. The maximum Gasteiger partial charge on any atom is 0.256 e. The van der Waals surface area contributed by atoms with Gasteiger partial charge in [0.15, 0.2) is 0 Å². The van der Waals surface area contributed by atoms with E-state index >= 15 is 0 Å². The largest absolute Gasteiger partial charge is 0.350 e. The number of rotatable bonds is 7. The molecule has 0 radical (unpaired) electrons. The summed E-state index contributed by atoms with van der Waals surface area (Å²) in [6, 6.07) is 14.4. The summed E-state index contributed by atoms with van der Waals surface area (Å²) in [6.45, 7) is 2.89. The van der Waals surface area contributed by atoms with Gasteiger partial charge in [0.2, 0.25) is 15.5 Å². The molecule has 1 fully saturated rings. The van der Waals surface area contributed by atoms with Crippen LogP contribution in [0.1, 0.15) is 42.1 Å². The fourth-order valence-corrected chi connectivity index (χ4v) is 5.82. The van der Waals surface area contributed by atoms with Crippen molar-refractivity contribution >= 4 is 26.8 Å². The molecule has 2 heterocycles. The Balaban J connectivity index is 1.59. The number of hydrogen-bond donors (Lipinski definition) is 1. The third kappa shape index (κ3) is 4.86. The van der Waals surface area contributed by atoms with Crippen molar-refractivity contribution in [1.29, 1.82) is 0 Å². The summed E-state index contributed by atoms with van der Waals surface area (Å²) in [4.78, 5) is 26.2. The average molecular weight is 468 g/mol. The standard InChI is InChI=1S/C25H29N3O4S/c1-18(10-11-19-8-4-3-5-9-19)26-25(30)22-17-27(2)23-13-12-20(16-21(23)24(22)29)33(31,32)28-14-6-7-15-28/h3-5,8-9,12-13,16-18H,6-7,10-11,14-15H2,1-2H3,(H,26,30). The minimum atomic E-state index is -3.66. The first-order valence-corrected chi connectivity index (χ1v) is 12.7. The van der Waals surface area contributed by atoms with Crippen LogP contribution in [0.3, 0.4) is 0 Å². The van der Waals surface area contributed by atoms with Crippen LogP contribution in [0.25, 0.3) is 10.9 Å². The minimum Gasteiger partial charge on any atom is -0.350 e. The maximum atomic E-state index is 13.2.